The highest BCUT2D eigenvalue weighted by Crippen LogP contribution is 2.37. The van der Waals surface area contributed by atoms with Crippen molar-refractivity contribution in [3.05, 3.63) is 40.4 Å². The van der Waals surface area contributed by atoms with E-state index in [9.17, 15) is 0 Å². The molecule has 0 radical (unpaired) electrons. The van der Waals surface area contributed by atoms with Gasteiger partial charge in [0.05, 0.1) is 11.7 Å². The minimum atomic E-state index is 0.467. The van der Waals surface area contributed by atoms with Crippen LogP contribution < -0.4 is 5.32 Å². The number of rotatable bonds is 4. The summed E-state index contributed by atoms with van der Waals surface area (Å²) < 4.78 is 0. The van der Waals surface area contributed by atoms with Crippen molar-refractivity contribution in [1.29, 1.82) is 0 Å². The maximum absolute atomic E-state index is 4.94. The van der Waals surface area contributed by atoms with Crippen LogP contribution in [0, 0.1) is 6.92 Å². The number of benzene rings is 1. The first-order valence-corrected chi connectivity index (χ1v) is 8.39. The second-order valence-corrected chi connectivity index (χ2v) is 6.68. The molecule has 0 aliphatic heterocycles. The fourth-order valence-electron chi connectivity index (χ4n) is 2.76. The van der Waals surface area contributed by atoms with E-state index in [4.69, 9.17) is 4.98 Å². The van der Waals surface area contributed by atoms with Crippen molar-refractivity contribution < 1.29 is 0 Å². The van der Waals surface area contributed by atoms with E-state index in [1.165, 1.54) is 52.4 Å². The lowest BCUT2D eigenvalue weighted by Crippen LogP contribution is -2.25. The molecule has 0 saturated heterocycles. The van der Waals surface area contributed by atoms with Gasteiger partial charge in [-0.05, 0) is 39.2 Å². The van der Waals surface area contributed by atoms with E-state index in [0.29, 0.717) is 6.04 Å². The minimum absolute atomic E-state index is 0.467. The SMILES string of the molecule is CCCNC1CCCc2sc(-c3ccc(C)cc3)nc21. The molecule has 1 atom stereocenters. The molecule has 106 valence electrons. The van der Waals surface area contributed by atoms with Crippen LogP contribution in [0.5, 0.6) is 0 Å². The summed E-state index contributed by atoms with van der Waals surface area (Å²) in [5.41, 5.74) is 3.87. The van der Waals surface area contributed by atoms with Crippen LogP contribution in [0.4, 0.5) is 0 Å². The van der Waals surface area contributed by atoms with Crippen LogP contribution in [0.1, 0.15) is 48.4 Å². The molecule has 0 amide bonds. The molecule has 0 spiro atoms. The number of fused-ring (bicyclic) bond motifs is 1. The lowest BCUT2D eigenvalue weighted by molar-refractivity contribution is 0.454. The molecule has 0 bridgehead atoms. The molecule has 20 heavy (non-hydrogen) atoms. The van der Waals surface area contributed by atoms with E-state index in [0.717, 1.165) is 6.54 Å². The first kappa shape index (κ1) is 13.8. The molecular weight excluding hydrogens is 264 g/mol. The van der Waals surface area contributed by atoms with Gasteiger partial charge < -0.3 is 5.32 Å². The van der Waals surface area contributed by atoms with E-state index in [-0.39, 0.29) is 0 Å². The summed E-state index contributed by atoms with van der Waals surface area (Å²) in [6.45, 7) is 5.43. The Labute approximate surface area is 125 Å². The molecule has 2 nitrogen and oxygen atoms in total. The van der Waals surface area contributed by atoms with E-state index in [1.54, 1.807) is 0 Å². The van der Waals surface area contributed by atoms with Gasteiger partial charge in [0.15, 0.2) is 0 Å². The van der Waals surface area contributed by atoms with Crippen molar-refractivity contribution in [2.75, 3.05) is 6.54 Å². The van der Waals surface area contributed by atoms with Crippen LogP contribution in [0.2, 0.25) is 0 Å². The number of hydrogen-bond donors (Lipinski definition) is 1. The molecule has 2 aromatic rings. The maximum atomic E-state index is 4.94. The Morgan fingerprint density at radius 1 is 1.30 bits per heavy atom. The summed E-state index contributed by atoms with van der Waals surface area (Å²) in [4.78, 5) is 6.43. The monoisotopic (exact) mass is 286 g/mol. The molecule has 1 aliphatic rings. The summed E-state index contributed by atoms with van der Waals surface area (Å²) in [5.74, 6) is 0. The summed E-state index contributed by atoms with van der Waals surface area (Å²) in [5, 5.41) is 4.83. The third kappa shape index (κ3) is 2.79. The van der Waals surface area contributed by atoms with E-state index >= 15 is 0 Å². The molecule has 1 aromatic heterocycles. The van der Waals surface area contributed by atoms with Crippen molar-refractivity contribution in [3.8, 4) is 10.6 Å². The standard InChI is InChI=1S/C17H22N2S/c1-3-11-18-14-5-4-6-15-16(14)19-17(20-15)13-9-7-12(2)8-10-13/h7-10,14,18H,3-6,11H2,1-2H3. The molecule has 1 N–H and O–H groups in total. The van der Waals surface area contributed by atoms with Crippen LogP contribution in [0.15, 0.2) is 24.3 Å². The van der Waals surface area contributed by atoms with Gasteiger partial charge in [0, 0.05) is 10.4 Å². The lowest BCUT2D eigenvalue weighted by atomic mass is 9.97. The molecular formula is C17H22N2S. The Kier molecular flexibility index (Phi) is 4.18. The summed E-state index contributed by atoms with van der Waals surface area (Å²) in [6.07, 6.45) is 4.89. The highest BCUT2D eigenvalue weighted by Gasteiger charge is 2.24. The first-order chi connectivity index (χ1) is 9.78. The Hall–Kier alpha value is -1.19. The van der Waals surface area contributed by atoms with Crippen molar-refractivity contribution in [3.63, 3.8) is 0 Å². The molecule has 1 unspecified atom stereocenters. The highest BCUT2D eigenvalue weighted by molar-refractivity contribution is 7.15. The number of nitrogens with one attached hydrogen (secondary N) is 1. The zero-order valence-corrected chi connectivity index (χ0v) is 13.1. The first-order valence-electron chi connectivity index (χ1n) is 7.58. The van der Waals surface area contributed by atoms with Crippen molar-refractivity contribution in [1.82, 2.24) is 10.3 Å². The summed E-state index contributed by atoms with van der Waals surface area (Å²) in [7, 11) is 0. The number of aryl methyl sites for hydroxylation is 2. The third-order valence-corrected chi connectivity index (χ3v) is 5.07. The van der Waals surface area contributed by atoms with Crippen LogP contribution in [0.3, 0.4) is 0 Å². The summed E-state index contributed by atoms with van der Waals surface area (Å²) >= 11 is 1.88. The molecule has 1 aromatic carbocycles. The Bertz CT molecular complexity index is 571. The molecule has 0 saturated carbocycles. The molecule has 1 heterocycles. The lowest BCUT2D eigenvalue weighted by Gasteiger charge is -2.22. The molecule has 0 fully saturated rings. The number of aromatic nitrogens is 1. The quantitative estimate of drug-likeness (QED) is 0.895. The number of thiazole rings is 1. The Balaban J connectivity index is 1.88. The Morgan fingerprint density at radius 2 is 2.10 bits per heavy atom. The second kappa shape index (κ2) is 6.06. The van der Waals surface area contributed by atoms with Gasteiger partial charge in [-0.15, -0.1) is 11.3 Å². The van der Waals surface area contributed by atoms with Crippen molar-refractivity contribution in [2.45, 2.75) is 45.6 Å². The van der Waals surface area contributed by atoms with Gasteiger partial charge in [0.1, 0.15) is 5.01 Å². The van der Waals surface area contributed by atoms with E-state index in [2.05, 4.69) is 43.4 Å². The average molecular weight is 286 g/mol. The van der Waals surface area contributed by atoms with Gasteiger partial charge in [-0.25, -0.2) is 4.98 Å². The zero-order chi connectivity index (χ0) is 13.9. The molecule has 3 rings (SSSR count). The largest absolute Gasteiger partial charge is 0.309 e. The fraction of sp³-hybridized carbons (Fsp3) is 0.471. The normalized spacial score (nSPS) is 18.0. The van der Waals surface area contributed by atoms with Crippen LogP contribution >= 0.6 is 11.3 Å². The fourth-order valence-corrected chi connectivity index (χ4v) is 3.93. The van der Waals surface area contributed by atoms with Crippen molar-refractivity contribution in [2.24, 2.45) is 0 Å². The van der Waals surface area contributed by atoms with E-state index < -0.39 is 0 Å². The summed E-state index contributed by atoms with van der Waals surface area (Å²) in [6, 6.07) is 9.18. The number of nitrogens with zero attached hydrogens (tertiary/aromatic N) is 1. The smallest absolute Gasteiger partial charge is 0.123 e. The van der Waals surface area contributed by atoms with Gasteiger partial charge in [-0.2, -0.15) is 0 Å². The highest BCUT2D eigenvalue weighted by atomic mass is 32.1. The Morgan fingerprint density at radius 3 is 2.85 bits per heavy atom. The third-order valence-electron chi connectivity index (χ3n) is 3.89. The second-order valence-electron chi connectivity index (χ2n) is 5.59. The average Bonchev–Trinajstić information content (AvgIpc) is 2.90. The van der Waals surface area contributed by atoms with Crippen LogP contribution in [0.25, 0.3) is 10.6 Å². The van der Waals surface area contributed by atoms with Crippen molar-refractivity contribution >= 4 is 11.3 Å². The molecule has 1 aliphatic carbocycles. The minimum Gasteiger partial charge on any atom is -0.309 e. The van der Waals surface area contributed by atoms with Gasteiger partial charge in [0.25, 0.3) is 0 Å². The molecule has 3 heteroatoms. The number of hydrogen-bond acceptors (Lipinski definition) is 3. The predicted octanol–water partition coefficient (Wildman–Crippen LogP) is 4.50. The van der Waals surface area contributed by atoms with Gasteiger partial charge >= 0.3 is 0 Å². The predicted molar refractivity (Wildman–Crippen MR) is 86.3 cm³/mol. The van der Waals surface area contributed by atoms with Gasteiger partial charge in [-0.1, -0.05) is 36.8 Å². The van der Waals surface area contributed by atoms with Gasteiger partial charge in [0.2, 0.25) is 0 Å². The van der Waals surface area contributed by atoms with Gasteiger partial charge in [-0.3, -0.25) is 0 Å². The van der Waals surface area contributed by atoms with Crippen LogP contribution in [-0.2, 0) is 6.42 Å². The van der Waals surface area contributed by atoms with Crippen LogP contribution in [-0.4, -0.2) is 11.5 Å². The zero-order valence-electron chi connectivity index (χ0n) is 12.3. The van der Waals surface area contributed by atoms with E-state index in [1.807, 2.05) is 11.3 Å². The topological polar surface area (TPSA) is 24.9 Å². The maximum Gasteiger partial charge on any atom is 0.123 e.